The standard InChI is InChI=1S/C9H16Si.Li.H/c1-7-5-9(10(3)4)6-8(7)2;;/h5-6,9-10H,1-4H3;;. The summed E-state index contributed by atoms with van der Waals surface area (Å²) in [6.45, 7) is 9.23. The second-order valence-electron chi connectivity index (χ2n) is 3.52. The van der Waals surface area contributed by atoms with Gasteiger partial charge in [0.1, 0.15) is 0 Å². The number of allylic oxidation sites excluding steroid dienone is 4. The second kappa shape index (κ2) is 4.35. The van der Waals surface area contributed by atoms with Gasteiger partial charge in [0.2, 0.25) is 0 Å². The molecule has 0 bridgehead atoms. The summed E-state index contributed by atoms with van der Waals surface area (Å²) in [5.41, 5.74) is 3.82. The van der Waals surface area contributed by atoms with Crippen LogP contribution in [0.15, 0.2) is 23.3 Å². The van der Waals surface area contributed by atoms with E-state index in [1.807, 2.05) is 0 Å². The summed E-state index contributed by atoms with van der Waals surface area (Å²) in [5.74, 6) is 0. The van der Waals surface area contributed by atoms with Crippen molar-refractivity contribution in [3.05, 3.63) is 23.3 Å². The van der Waals surface area contributed by atoms with Gasteiger partial charge in [-0.05, 0) is 19.4 Å². The fraction of sp³-hybridized carbons (Fsp3) is 0.556. The van der Waals surface area contributed by atoms with E-state index in [0.717, 1.165) is 5.54 Å². The van der Waals surface area contributed by atoms with Crippen molar-refractivity contribution in [2.45, 2.75) is 32.5 Å². The molecule has 0 atom stereocenters. The molecule has 0 amide bonds. The van der Waals surface area contributed by atoms with Gasteiger partial charge in [-0.2, -0.15) is 0 Å². The van der Waals surface area contributed by atoms with Gasteiger partial charge in [-0.3, -0.25) is 0 Å². The Morgan fingerprint density at radius 1 is 1.09 bits per heavy atom. The third kappa shape index (κ3) is 2.67. The third-order valence-electron chi connectivity index (χ3n) is 2.28. The number of rotatable bonds is 1. The minimum absolute atomic E-state index is 0. The van der Waals surface area contributed by atoms with Crippen molar-refractivity contribution in [1.82, 2.24) is 0 Å². The van der Waals surface area contributed by atoms with Crippen LogP contribution >= 0.6 is 0 Å². The summed E-state index contributed by atoms with van der Waals surface area (Å²) in [6, 6.07) is 0. The zero-order valence-corrected chi connectivity index (χ0v) is 8.46. The van der Waals surface area contributed by atoms with Crippen LogP contribution in [-0.4, -0.2) is 27.7 Å². The van der Waals surface area contributed by atoms with E-state index in [1.165, 1.54) is 11.1 Å². The van der Waals surface area contributed by atoms with Gasteiger partial charge in [0.25, 0.3) is 0 Å². The van der Waals surface area contributed by atoms with Crippen molar-refractivity contribution in [3.8, 4) is 0 Å². The summed E-state index contributed by atoms with van der Waals surface area (Å²) in [6.07, 6.45) is 4.85. The van der Waals surface area contributed by atoms with Gasteiger partial charge >= 0.3 is 18.9 Å². The molecule has 0 fully saturated rings. The number of hydrogen-bond donors (Lipinski definition) is 0. The number of hydrogen-bond acceptors (Lipinski definition) is 0. The average molecular weight is 160 g/mol. The molecule has 0 saturated heterocycles. The Kier molecular flexibility index (Phi) is 4.47. The monoisotopic (exact) mass is 160 g/mol. The van der Waals surface area contributed by atoms with E-state index in [0.29, 0.717) is 0 Å². The molecule has 2 heteroatoms. The third-order valence-corrected chi connectivity index (χ3v) is 4.20. The topological polar surface area (TPSA) is 0 Å². The van der Waals surface area contributed by atoms with Crippen molar-refractivity contribution in [1.29, 1.82) is 0 Å². The zero-order chi connectivity index (χ0) is 7.72. The molecule has 0 heterocycles. The van der Waals surface area contributed by atoms with Crippen LogP contribution in [0.2, 0.25) is 18.6 Å². The predicted molar refractivity (Wildman–Crippen MR) is 57.3 cm³/mol. The first-order valence-corrected chi connectivity index (χ1v) is 6.96. The summed E-state index contributed by atoms with van der Waals surface area (Å²) in [4.78, 5) is 0. The molecule has 0 aromatic rings. The molecule has 1 aliphatic rings. The fourth-order valence-corrected chi connectivity index (χ4v) is 2.62. The first-order valence-electron chi connectivity index (χ1n) is 3.98. The van der Waals surface area contributed by atoms with Gasteiger partial charge < -0.3 is 0 Å². The van der Waals surface area contributed by atoms with Gasteiger partial charge in [0.15, 0.2) is 0 Å². The van der Waals surface area contributed by atoms with Crippen LogP contribution in [-0.2, 0) is 0 Å². The molecular formula is C9H17LiSi. The Morgan fingerprint density at radius 3 is 1.64 bits per heavy atom. The second-order valence-corrected chi connectivity index (χ2v) is 6.78. The Hall–Kier alpha value is 0.294. The molecule has 0 aromatic carbocycles. The molecule has 0 saturated carbocycles. The van der Waals surface area contributed by atoms with Crippen molar-refractivity contribution in [2.75, 3.05) is 0 Å². The van der Waals surface area contributed by atoms with Gasteiger partial charge in [-0.25, -0.2) is 0 Å². The van der Waals surface area contributed by atoms with E-state index in [4.69, 9.17) is 0 Å². The van der Waals surface area contributed by atoms with Gasteiger partial charge in [-0.15, -0.1) is 0 Å². The maximum absolute atomic E-state index is 2.42. The summed E-state index contributed by atoms with van der Waals surface area (Å²) < 4.78 is 0. The molecular weight excluding hydrogens is 143 g/mol. The molecule has 0 aromatic heterocycles. The summed E-state index contributed by atoms with van der Waals surface area (Å²) >= 11 is 0. The molecule has 0 aliphatic heterocycles. The maximum atomic E-state index is 2.42. The van der Waals surface area contributed by atoms with E-state index >= 15 is 0 Å². The Balaban J connectivity index is 0.000001000. The molecule has 58 valence electrons. The van der Waals surface area contributed by atoms with Crippen LogP contribution in [0.5, 0.6) is 0 Å². The van der Waals surface area contributed by atoms with Crippen molar-refractivity contribution in [3.63, 3.8) is 0 Å². The Bertz CT molecular complexity index is 174. The summed E-state index contributed by atoms with van der Waals surface area (Å²) in [5, 5.41) is 0. The van der Waals surface area contributed by atoms with Crippen molar-refractivity contribution < 1.29 is 0 Å². The molecule has 0 nitrogen and oxygen atoms in total. The Morgan fingerprint density at radius 2 is 1.45 bits per heavy atom. The van der Waals surface area contributed by atoms with Gasteiger partial charge in [0.05, 0.1) is 0 Å². The van der Waals surface area contributed by atoms with Crippen LogP contribution in [0.25, 0.3) is 0 Å². The molecule has 1 aliphatic carbocycles. The van der Waals surface area contributed by atoms with E-state index in [-0.39, 0.29) is 18.9 Å². The first kappa shape index (κ1) is 11.3. The van der Waals surface area contributed by atoms with Crippen LogP contribution < -0.4 is 0 Å². The van der Waals surface area contributed by atoms with E-state index in [1.54, 1.807) is 0 Å². The van der Waals surface area contributed by atoms with E-state index < -0.39 is 8.80 Å². The van der Waals surface area contributed by atoms with Crippen LogP contribution in [0.4, 0.5) is 0 Å². The molecule has 0 spiro atoms. The van der Waals surface area contributed by atoms with Gasteiger partial charge in [-0.1, -0.05) is 36.4 Å². The van der Waals surface area contributed by atoms with Crippen LogP contribution in [0.3, 0.4) is 0 Å². The molecule has 0 radical (unpaired) electrons. The van der Waals surface area contributed by atoms with Crippen LogP contribution in [0, 0.1) is 0 Å². The van der Waals surface area contributed by atoms with Gasteiger partial charge in [0, 0.05) is 8.80 Å². The normalized spacial score (nSPS) is 17.9. The first-order chi connectivity index (χ1) is 4.61. The summed E-state index contributed by atoms with van der Waals surface area (Å²) in [7, 11) is -0.453. The molecule has 0 unspecified atom stereocenters. The fourth-order valence-electron chi connectivity index (χ4n) is 1.27. The molecule has 1 rings (SSSR count). The SMILES string of the molecule is CC1=CC([SiH](C)C)C=C1C.[LiH]. The predicted octanol–water partition coefficient (Wildman–Crippen LogP) is 2.10. The molecule has 0 N–H and O–H groups in total. The van der Waals surface area contributed by atoms with Crippen LogP contribution in [0.1, 0.15) is 13.8 Å². The van der Waals surface area contributed by atoms with Crippen molar-refractivity contribution in [2.24, 2.45) is 0 Å². The quantitative estimate of drug-likeness (QED) is 0.515. The Labute approximate surface area is 83.5 Å². The average Bonchev–Trinajstić information content (AvgIpc) is 2.13. The van der Waals surface area contributed by atoms with E-state index in [9.17, 15) is 0 Å². The minimum atomic E-state index is -0.453. The molecule has 11 heavy (non-hydrogen) atoms. The zero-order valence-electron chi connectivity index (χ0n) is 7.31. The van der Waals surface area contributed by atoms with Crippen molar-refractivity contribution >= 4 is 27.7 Å². The van der Waals surface area contributed by atoms with E-state index in [2.05, 4.69) is 39.1 Å².